The molecule has 0 saturated carbocycles. The van der Waals surface area contributed by atoms with Gasteiger partial charge >= 0.3 is 0 Å². The summed E-state index contributed by atoms with van der Waals surface area (Å²) < 4.78 is 10.5. The number of nitrogens with one attached hydrogen (secondary N) is 1. The highest BCUT2D eigenvalue weighted by Crippen LogP contribution is 2.35. The van der Waals surface area contributed by atoms with E-state index < -0.39 is 11.0 Å². The Labute approximate surface area is 118 Å². The molecular formula is C15H21NO4. The van der Waals surface area contributed by atoms with Crippen molar-refractivity contribution in [2.45, 2.75) is 33.3 Å². The maximum absolute atomic E-state index is 11.9. The molecule has 0 aromatic heterocycles. The predicted molar refractivity (Wildman–Crippen MR) is 74.6 cm³/mol. The van der Waals surface area contributed by atoms with Gasteiger partial charge in [0.15, 0.2) is 11.5 Å². The first-order valence-corrected chi connectivity index (χ1v) is 6.61. The number of hydrogen-bond donors (Lipinski definition) is 2. The van der Waals surface area contributed by atoms with Crippen molar-refractivity contribution in [3.8, 4) is 11.5 Å². The van der Waals surface area contributed by atoms with Crippen LogP contribution in [0.1, 0.15) is 33.3 Å². The van der Waals surface area contributed by atoms with E-state index in [2.05, 4.69) is 5.32 Å². The highest BCUT2D eigenvalue weighted by atomic mass is 16.7. The van der Waals surface area contributed by atoms with Crippen molar-refractivity contribution in [1.29, 1.82) is 0 Å². The summed E-state index contributed by atoms with van der Waals surface area (Å²) in [4.78, 5) is 11.9. The first kappa shape index (κ1) is 14.7. The second-order valence-electron chi connectivity index (χ2n) is 6.27. The van der Waals surface area contributed by atoms with E-state index in [0.29, 0.717) is 17.1 Å². The van der Waals surface area contributed by atoms with Crippen LogP contribution in [-0.4, -0.2) is 24.4 Å². The Bertz CT molecular complexity index is 517. The van der Waals surface area contributed by atoms with Crippen LogP contribution in [0.3, 0.4) is 0 Å². The number of ether oxygens (including phenoxy) is 2. The van der Waals surface area contributed by atoms with Gasteiger partial charge in [0.25, 0.3) is 0 Å². The molecule has 0 aliphatic carbocycles. The van der Waals surface area contributed by atoms with Gasteiger partial charge in [-0.1, -0.05) is 26.8 Å². The SMILES string of the molecule is CC(C)(C)C(=O)NCC(C)(O)c1ccc2c(c1)OCO2. The third-order valence-corrected chi connectivity index (χ3v) is 3.27. The van der Waals surface area contributed by atoms with Gasteiger partial charge in [-0.25, -0.2) is 0 Å². The highest BCUT2D eigenvalue weighted by Gasteiger charge is 2.29. The van der Waals surface area contributed by atoms with Crippen molar-refractivity contribution in [3.05, 3.63) is 23.8 Å². The number of amides is 1. The van der Waals surface area contributed by atoms with Gasteiger partial charge in [-0.05, 0) is 24.6 Å². The van der Waals surface area contributed by atoms with E-state index in [1.807, 2.05) is 20.8 Å². The molecule has 1 aliphatic rings. The second-order valence-corrected chi connectivity index (χ2v) is 6.27. The third-order valence-electron chi connectivity index (χ3n) is 3.27. The van der Waals surface area contributed by atoms with E-state index in [9.17, 15) is 9.90 Å². The van der Waals surface area contributed by atoms with Gasteiger partial charge in [0, 0.05) is 5.41 Å². The number of carbonyl (C=O) groups is 1. The molecule has 1 amide bonds. The van der Waals surface area contributed by atoms with Crippen LogP contribution in [0.15, 0.2) is 18.2 Å². The zero-order valence-electron chi connectivity index (χ0n) is 12.3. The molecular weight excluding hydrogens is 258 g/mol. The molecule has 1 aromatic carbocycles. The van der Waals surface area contributed by atoms with Crippen molar-refractivity contribution >= 4 is 5.91 Å². The minimum absolute atomic E-state index is 0.0986. The summed E-state index contributed by atoms with van der Waals surface area (Å²) in [6, 6.07) is 5.28. The molecule has 1 heterocycles. The van der Waals surface area contributed by atoms with E-state index in [0.717, 1.165) is 0 Å². The van der Waals surface area contributed by atoms with Gasteiger partial charge in [0.2, 0.25) is 12.7 Å². The van der Waals surface area contributed by atoms with Crippen LogP contribution < -0.4 is 14.8 Å². The maximum atomic E-state index is 11.9. The fourth-order valence-corrected chi connectivity index (χ4v) is 1.85. The van der Waals surface area contributed by atoms with Crippen molar-refractivity contribution in [2.75, 3.05) is 13.3 Å². The average molecular weight is 279 g/mol. The molecule has 0 spiro atoms. The summed E-state index contributed by atoms with van der Waals surface area (Å²) in [5.74, 6) is 1.19. The molecule has 0 fully saturated rings. The van der Waals surface area contributed by atoms with Crippen LogP contribution in [0.4, 0.5) is 0 Å². The lowest BCUT2D eigenvalue weighted by Crippen LogP contribution is -2.43. The highest BCUT2D eigenvalue weighted by molar-refractivity contribution is 5.81. The Kier molecular flexibility index (Phi) is 3.65. The Morgan fingerprint density at radius 1 is 1.25 bits per heavy atom. The van der Waals surface area contributed by atoms with E-state index in [-0.39, 0.29) is 19.2 Å². The van der Waals surface area contributed by atoms with Gasteiger partial charge < -0.3 is 19.9 Å². The van der Waals surface area contributed by atoms with Crippen LogP contribution in [0.2, 0.25) is 0 Å². The van der Waals surface area contributed by atoms with E-state index in [4.69, 9.17) is 9.47 Å². The zero-order chi connectivity index (χ0) is 15.0. The lowest BCUT2D eigenvalue weighted by molar-refractivity contribution is -0.129. The van der Waals surface area contributed by atoms with Gasteiger partial charge in [0.1, 0.15) is 5.60 Å². The molecule has 1 aliphatic heterocycles. The van der Waals surface area contributed by atoms with E-state index in [1.165, 1.54) is 0 Å². The molecule has 5 heteroatoms. The summed E-state index contributed by atoms with van der Waals surface area (Å²) in [5, 5.41) is 13.3. The molecule has 110 valence electrons. The van der Waals surface area contributed by atoms with Gasteiger partial charge in [-0.2, -0.15) is 0 Å². The quantitative estimate of drug-likeness (QED) is 0.885. The normalized spacial score (nSPS) is 16.6. The molecule has 0 radical (unpaired) electrons. The fraction of sp³-hybridized carbons (Fsp3) is 0.533. The van der Waals surface area contributed by atoms with E-state index >= 15 is 0 Å². The van der Waals surface area contributed by atoms with Gasteiger partial charge in [-0.15, -0.1) is 0 Å². The van der Waals surface area contributed by atoms with Crippen molar-refractivity contribution in [3.63, 3.8) is 0 Å². The van der Waals surface area contributed by atoms with Crippen LogP contribution in [0, 0.1) is 5.41 Å². The standard InChI is InChI=1S/C15H21NO4/c1-14(2,3)13(17)16-8-15(4,18)10-5-6-11-12(7-10)20-9-19-11/h5-7,18H,8-9H2,1-4H3,(H,16,17). The lowest BCUT2D eigenvalue weighted by atomic mass is 9.93. The molecule has 5 nitrogen and oxygen atoms in total. The Morgan fingerprint density at radius 3 is 2.55 bits per heavy atom. The van der Waals surface area contributed by atoms with Crippen molar-refractivity contribution in [1.82, 2.24) is 5.32 Å². The molecule has 20 heavy (non-hydrogen) atoms. The van der Waals surface area contributed by atoms with E-state index in [1.54, 1.807) is 25.1 Å². The minimum Gasteiger partial charge on any atom is -0.454 e. The number of rotatable bonds is 3. The van der Waals surface area contributed by atoms with Gasteiger partial charge in [0.05, 0.1) is 6.54 Å². The number of benzene rings is 1. The second kappa shape index (κ2) is 4.98. The molecule has 2 rings (SSSR count). The summed E-state index contributed by atoms with van der Waals surface area (Å²) in [6.07, 6.45) is 0. The van der Waals surface area contributed by atoms with Crippen LogP contribution >= 0.6 is 0 Å². The molecule has 0 bridgehead atoms. The van der Waals surface area contributed by atoms with Crippen molar-refractivity contribution < 1.29 is 19.4 Å². The maximum Gasteiger partial charge on any atom is 0.231 e. The smallest absolute Gasteiger partial charge is 0.231 e. The Hall–Kier alpha value is -1.75. The zero-order valence-corrected chi connectivity index (χ0v) is 12.3. The Morgan fingerprint density at radius 2 is 1.90 bits per heavy atom. The summed E-state index contributed by atoms with van der Waals surface area (Å²) in [7, 11) is 0. The van der Waals surface area contributed by atoms with Crippen molar-refractivity contribution in [2.24, 2.45) is 5.41 Å². The lowest BCUT2D eigenvalue weighted by Gasteiger charge is -2.27. The summed E-state index contributed by atoms with van der Waals surface area (Å²) >= 11 is 0. The molecule has 0 saturated heterocycles. The largest absolute Gasteiger partial charge is 0.454 e. The number of aliphatic hydroxyl groups is 1. The average Bonchev–Trinajstić information content (AvgIpc) is 2.81. The molecule has 1 aromatic rings. The minimum atomic E-state index is -1.16. The van der Waals surface area contributed by atoms with Crippen LogP contribution in [0.5, 0.6) is 11.5 Å². The molecule has 1 atom stereocenters. The first-order chi connectivity index (χ1) is 9.20. The Balaban J connectivity index is 2.08. The predicted octanol–water partition coefficient (Wildman–Crippen LogP) is 1.79. The molecule has 2 N–H and O–H groups in total. The fourth-order valence-electron chi connectivity index (χ4n) is 1.85. The van der Waals surface area contributed by atoms with Crippen LogP contribution in [-0.2, 0) is 10.4 Å². The van der Waals surface area contributed by atoms with Gasteiger partial charge in [-0.3, -0.25) is 4.79 Å². The molecule has 1 unspecified atom stereocenters. The monoisotopic (exact) mass is 279 g/mol. The number of fused-ring (bicyclic) bond motifs is 1. The third kappa shape index (κ3) is 3.04. The van der Waals surface area contributed by atoms with Crippen LogP contribution in [0.25, 0.3) is 0 Å². The summed E-state index contributed by atoms with van der Waals surface area (Å²) in [5.41, 5.74) is -0.969. The number of carbonyl (C=O) groups excluding carboxylic acids is 1. The number of hydrogen-bond acceptors (Lipinski definition) is 4. The summed E-state index contributed by atoms with van der Waals surface area (Å²) in [6.45, 7) is 7.49. The topological polar surface area (TPSA) is 67.8 Å². The first-order valence-electron chi connectivity index (χ1n) is 6.61.